The quantitative estimate of drug-likeness (QED) is 0.569. The van der Waals surface area contributed by atoms with Crippen molar-refractivity contribution in [2.24, 2.45) is 0 Å². The minimum absolute atomic E-state index is 0.00862. The first-order chi connectivity index (χ1) is 16.8. The second-order valence-electron chi connectivity index (χ2n) is 8.90. The van der Waals surface area contributed by atoms with E-state index in [0.29, 0.717) is 28.6 Å². The second-order valence-corrected chi connectivity index (χ2v) is 8.90. The van der Waals surface area contributed by atoms with Gasteiger partial charge in [-0.25, -0.2) is 0 Å². The van der Waals surface area contributed by atoms with Gasteiger partial charge in [0.1, 0.15) is 5.75 Å². The molecule has 0 saturated carbocycles. The van der Waals surface area contributed by atoms with E-state index in [2.05, 4.69) is 19.2 Å². The molecule has 3 rings (SSSR count). The van der Waals surface area contributed by atoms with Gasteiger partial charge < -0.3 is 29.2 Å². The molecule has 35 heavy (non-hydrogen) atoms. The fourth-order valence-corrected chi connectivity index (χ4v) is 4.55. The van der Waals surface area contributed by atoms with Crippen LogP contribution in [-0.2, 0) is 4.79 Å². The number of carbonyl (C=O) groups excluding carboxylic acids is 2. The Morgan fingerprint density at radius 3 is 2.06 bits per heavy atom. The molecule has 1 fully saturated rings. The summed E-state index contributed by atoms with van der Waals surface area (Å²) in [5, 5.41) is 2.98. The van der Waals surface area contributed by atoms with Gasteiger partial charge in [0.15, 0.2) is 18.1 Å². The van der Waals surface area contributed by atoms with Gasteiger partial charge in [0.05, 0.1) is 27.4 Å². The Morgan fingerprint density at radius 2 is 1.54 bits per heavy atom. The van der Waals surface area contributed by atoms with E-state index < -0.39 is 0 Å². The molecule has 1 aliphatic rings. The summed E-state index contributed by atoms with van der Waals surface area (Å²) in [6.45, 7) is 6.03. The number of benzene rings is 2. The van der Waals surface area contributed by atoms with Crippen LogP contribution in [0.25, 0.3) is 0 Å². The smallest absolute Gasteiger partial charge is 0.260 e. The molecule has 1 heterocycles. The summed E-state index contributed by atoms with van der Waals surface area (Å²) in [5.74, 6) is 1.84. The van der Waals surface area contributed by atoms with Crippen molar-refractivity contribution in [1.82, 2.24) is 10.2 Å². The maximum absolute atomic E-state index is 12.8. The van der Waals surface area contributed by atoms with Crippen molar-refractivity contribution < 1.29 is 28.5 Å². The van der Waals surface area contributed by atoms with Crippen LogP contribution in [-0.4, -0.2) is 56.7 Å². The third-order valence-electron chi connectivity index (χ3n) is 6.49. The fourth-order valence-electron chi connectivity index (χ4n) is 4.55. The number of nitrogens with zero attached hydrogens (tertiary/aromatic N) is 1. The molecule has 1 aliphatic heterocycles. The van der Waals surface area contributed by atoms with E-state index in [1.54, 1.807) is 45.6 Å². The minimum Gasteiger partial charge on any atom is -0.493 e. The standard InChI is InChI=1S/C27H36N2O6/c1-17-8-7-9-18(2)29(17)25(30)16-35-22-12-10-20(11-13-22)27(31)28-19(3)21-14-23(32-4)26(34-6)24(15-21)33-5/h10-15,17-19H,7-9,16H2,1-6H3,(H,28,31). The monoisotopic (exact) mass is 484 g/mol. The van der Waals surface area contributed by atoms with Crippen molar-refractivity contribution in [2.45, 2.75) is 58.2 Å². The molecule has 0 bridgehead atoms. The van der Waals surface area contributed by atoms with Crippen LogP contribution in [0, 0.1) is 0 Å². The average Bonchev–Trinajstić information content (AvgIpc) is 2.86. The molecule has 0 aromatic heterocycles. The predicted molar refractivity (Wildman–Crippen MR) is 134 cm³/mol. The first-order valence-electron chi connectivity index (χ1n) is 11.9. The molecule has 2 amide bonds. The van der Waals surface area contributed by atoms with Crippen LogP contribution in [0.5, 0.6) is 23.0 Å². The van der Waals surface area contributed by atoms with E-state index in [1.807, 2.05) is 24.0 Å². The van der Waals surface area contributed by atoms with Crippen molar-refractivity contribution in [2.75, 3.05) is 27.9 Å². The molecular weight excluding hydrogens is 448 g/mol. The summed E-state index contributed by atoms with van der Waals surface area (Å²) >= 11 is 0. The number of ether oxygens (including phenoxy) is 4. The summed E-state index contributed by atoms with van der Waals surface area (Å²) in [6.07, 6.45) is 3.19. The van der Waals surface area contributed by atoms with Crippen LogP contribution in [0.1, 0.15) is 62.0 Å². The largest absolute Gasteiger partial charge is 0.493 e. The van der Waals surface area contributed by atoms with Crippen molar-refractivity contribution in [3.05, 3.63) is 47.5 Å². The first-order valence-corrected chi connectivity index (χ1v) is 11.9. The number of amides is 2. The SMILES string of the molecule is COc1cc(C(C)NC(=O)c2ccc(OCC(=O)N3C(C)CCCC3C)cc2)cc(OC)c1OC. The molecule has 3 unspecified atom stereocenters. The molecular formula is C27H36N2O6. The lowest BCUT2D eigenvalue weighted by Gasteiger charge is -2.38. The van der Waals surface area contributed by atoms with Gasteiger partial charge in [-0.15, -0.1) is 0 Å². The first kappa shape index (κ1) is 26.2. The highest BCUT2D eigenvalue weighted by molar-refractivity contribution is 5.94. The number of hydrogen-bond donors (Lipinski definition) is 1. The Kier molecular flexibility index (Phi) is 8.84. The van der Waals surface area contributed by atoms with Gasteiger partial charge in [-0.3, -0.25) is 9.59 Å². The molecule has 0 spiro atoms. The van der Waals surface area contributed by atoms with E-state index in [-0.39, 0.29) is 36.5 Å². The number of carbonyl (C=O) groups is 2. The van der Waals surface area contributed by atoms with Crippen molar-refractivity contribution in [3.8, 4) is 23.0 Å². The van der Waals surface area contributed by atoms with Gasteiger partial charge in [0.25, 0.3) is 11.8 Å². The summed E-state index contributed by atoms with van der Waals surface area (Å²) in [6, 6.07) is 10.5. The Bertz CT molecular complexity index is 988. The van der Waals surface area contributed by atoms with Gasteiger partial charge in [0.2, 0.25) is 5.75 Å². The van der Waals surface area contributed by atoms with Gasteiger partial charge in [-0.1, -0.05) is 0 Å². The van der Waals surface area contributed by atoms with E-state index in [9.17, 15) is 9.59 Å². The molecule has 3 atom stereocenters. The van der Waals surface area contributed by atoms with Crippen LogP contribution in [0.2, 0.25) is 0 Å². The molecule has 0 aliphatic carbocycles. The van der Waals surface area contributed by atoms with E-state index in [4.69, 9.17) is 18.9 Å². The lowest BCUT2D eigenvalue weighted by molar-refractivity contribution is -0.139. The van der Waals surface area contributed by atoms with E-state index in [0.717, 1.165) is 24.8 Å². The van der Waals surface area contributed by atoms with Crippen LogP contribution in [0.3, 0.4) is 0 Å². The van der Waals surface area contributed by atoms with Crippen LogP contribution in [0.4, 0.5) is 0 Å². The maximum atomic E-state index is 12.8. The molecule has 2 aromatic carbocycles. The number of rotatable bonds is 9. The van der Waals surface area contributed by atoms with Gasteiger partial charge in [-0.05, 0) is 82.0 Å². The fraction of sp³-hybridized carbons (Fsp3) is 0.481. The molecule has 8 nitrogen and oxygen atoms in total. The Labute approximate surface area is 207 Å². The number of piperidine rings is 1. The zero-order valence-corrected chi connectivity index (χ0v) is 21.4. The van der Waals surface area contributed by atoms with Crippen LogP contribution in [0.15, 0.2) is 36.4 Å². The van der Waals surface area contributed by atoms with Crippen molar-refractivity contribution in [1.29, 1.82) is 0 Å². The number of methoxy groups -OCH3 is 3. The predicted octanol–water partition coefficient (Wildman–Crippen LogP) is 4.37. The summed E-state index contributed by atoms with van der Waals surface area (Å²) in [5.41, 5.74) is 1.30. The zero-order valence-electron chi connectivity index (χ0n) is 21.4. The molecule has 2 aromatic rings. The molecule has 8 heteroatoms. The van der Waals surface area contributed by atoms with Crippen LogP contribution < -0.4 is 24.3 Å². The van der Waals surface area contributed by atoms with Crippen molar-refractivity contribution in [3.63, 3.8) is 0 Å². The highest BCUT2D eigenvalue weighted by Gasteiger charge is 2.29. The molecule has 1 N–H and O–H groups in total. The Morgan fingerprint density at radius 1 is 0.971 bits per heavy atom. The van der Waals surface area contributed by atoms with Gasteiger partial charge in [-0.2, -0.15) is 0 Å². The molecule has 0 radical (unpaired) electrons. The molecule has 190 valence electrons. The lowest BCUT2D eigenvalue weighted by Crippen LogP contribution is -2.49. The summed E-state index contributed by atoms with van der Waals surface area (Å²) in [7, 11) is 4.65. The van der Waals surface area contributed by atoms with Crippen molar-refractivity contribution >= 4 is 11.8 Å². The highest BCUT2D eigenvalue weighted by Crippen LogP contribution is 2.39. The van der Waals surface area contributed by atoms with E-state index in [1.165, 1.54) is 0 Å². The summed E-state index contributed by atoms with van der Waals surface area (Å²) in [4.78, 5) is 27.4. The van der Waals surface area contributed by atoms with E-state index >= 15 is 0 Å². The normalized spacial score (nSPS) is 18.4. The zero-order chi connectivity index (χ0) is 25.5. The Hall–Kier alpha value is -3.42. The van der Waals surface area contributed by atoms with Crippen LogP contribution >= 0.6 is 0 Å². The third-order valence-corrected chi connectivity index (χ3v) is 6.49. The second kappa shape index (κ2) is 11.8. The third kappa shape index (κ3) is 6.18. The highest BCUT2D eigenvalue weighted by atomic mass is 16.5. The number of hydrogen-bond acceptors (Lipinski definition) is 6. The number of nitrogens with one attached hydrogen (secondary N) is 1. The average molecular weight is 485 g/mol. The lowest BCUT2D eigenvalue weighted by atomic mass is 9.97. The van der Waals surface area contributed by atoms with Gasteiger partial charge in [0, 0.05) is 17.6 Å². The minimum atomic E-state index is -0.307. The Balaban J connectivity index is 1.60. The number of likely N-dealkylation sites (tertiary alicyclic amines) is 1. The summed E-state index contributed by atoms with van der Waals surface area (Å²) < 4.78 is 21.9. The molecule has 1 saturated heterocycles. The topological polar surface area (TPSA) is 86.3 Å². The van der Waals surface area contributed by atoms with Gasteiger partial charge >= 0.3 is 0 Å². The maximum Gasteiger partial charge on any atom is 0.260 e.